The van der Waals surface area contributed by atoms with Crippen molar-refractivity contribution in [2.24, 2.45) is 0 Å². The van der Waals surface area contributed by atoms with Crippen LogP contribution in [0.15, 0.2) is 83.9 Å². The Balaban J connectivity index is 1.65. The molecule has 2 nitrogen and oxygen atoms in total. The lowest BCUT2D eigenvalue weighted by molar-refractivity contribution is 0.294. The second-order valence-corrected chi connectivity index (χ2v) is 5.85. The third kappa shape index (κ3) is 4.12. The number of benzene rings is 2. The predicted octanol–water partition coefficient (Wildman–Crippen LogP) is 4.95. The van der Waals surface area contributed by atoms with Crippen LogP contribution in [0.4, 0.5) is 0 Å². The molecule has 0 spiro atoms. The van der Waals surface area contributed by atoms with Gasteiger partial charge in [-0.05, 0) is 29.8 Å². The molecule has 1 heterocycles. The molecule has 0 N–H and O–H groups in total. The first-order valence-corrected chi connectivity index (χ1v) is 8.19. The minimum atomic E-state index is 0.490. The van der Waals surface area contributed by atoms with Crippen LogP contribution in [0.2, 0.25) is 0 Å². The Labute approximate surface area is 135 Å². The van der Waals surface area contributed by atoms with Crippen LogP contribution in [0.25, 0.3) is 0 Å². The van der Waals surface area contributed by atoms with Gasteiger partial charge in [0.2, 0.25) is 0 Å². The number of rotatable bonds is 6. The molecule has 1 aromatic heterocycles. The third-order valence-electron chi connectivity index (χ3n) is 3.19. The van der Waals surface area contributed by atoms with E-state index in [1.807, 2.05) is 42.5 Å². The fraction of sp³-hybridized carbons (Fsp3) is 0.105. The van der Waals surface area contributed by atoms with Crippen molar-refractivity contribution in [2.75, 3.05) is 0 Å². The Bertz CT molecular complexity index is 638. The first-order valence-electron chi connectivity index (χ1n) is 7.20. The first kappa shape index (κ1) is 14.7. The minimum Gasteiger partial charge on any atom is -0.486 e. The Morgan fingerprint density at radius 2 is 1.59 bits per heavy atom. The average molecular weight is 307 g/mol. The van der Waals surface area contributed by atoms with Crippen molar-refractivity contribution >= 4 is 11.8 Å². The van der Waals surface area contributed by atoms with Gasteiger partial charge in [-0.3, -0.25) is 4.98 Å². The summed E-state index contributed by atoms with van der Waals surface area (Å²) in [5, 5.41) is 0. The van der Waals surface area contributed by atoms with E-state index >= 15 is 0 Å². The van der Waals surface area contributed by atoms with Crippen molar-refractivity contribution in [3.63, 3.8) is 0 Å². The second-order valence-electron chi connectivity index (χ2n) is 4.83. The number of hydrogen-bond donors (Lipinski definition) is 0. The zero-order valence-corrected chi connectivity index (χ0v) is 13.0. The third-order valence-corrected chi connectivity index (χ3v) is 4.31. The summed E-state index contributed by atoms with van der Waals surface area (Å²) in [6.45, 7) is 0.490. The summed E-state index contributed by atoms with van der Waals surface area (Å²) in [5.41, 5.74) is 2.25. The summed E-state index contributed by atoms with van der Waals surface area (Å²) in [6.07, 6.45) is 1.79. The van der Waals surface area contributed by atoms with Gasteiger partial charge in [0, 0.05) is 16.8 Å². The number of nitrogens with zero attached hydrogens (tertiary/aromatic N) is 1. The topological polar surface area (TPSA) is 22.1 Å². The molecule has 2 aromatic carbocycles. The predicted molar refractivity (Wildman–Crippen MR) is 91.0 cm³/mol. The van der Waals surface area contributed by atoms with Crippen LogP contribution in [0.1, 0.15) is 11.3 Å². The molecule has 0 amide bonds. The molecule has 0 saturated carbocycles. The maximum absolute atomic E-state index is 5.93. The molecule has 3 heteroatoms. The number of thioether (sulfide) groups is 1. The monoisotopic (exact) mass is 307 g/mol. The van der Waals surface area contributed by atoms with Gasteiger partial charge in [-0.15, -0.1) is 11.8 Å². The van der Waals surface area contributed by atoms with Crippen LogP contribution >= 0.6 is 11.8 Å². The lowest BCUT2D eigenvalue weighted by atomic mass is 10.2. The van der Waals surface area contributed by atoms with Crippen molar-refractivity contribution in [1.82, 2.24) is 4.98 Å². The highest BCUT2D eigenvalue weighted by Crippen LogP contribution is 2.31. The van der Waals surface area contributed by atoms with Gasteiger partial charge in [0.05, 0.1) is 5.69 Å². The fourth-order valence-electron chi connectivity index (χ4n) is 2.06. The molecule has 0 aliphatic carbocycles. The van der Waals surface area contributed by atoms with E-state index in [4.69, 9.17) is 4.74 Å². The highest BCUT2D eigenvalue weighted by molar-refractivity contribution is 7.98. The van der Waals surface area contributed by atoms with Crippen molar-refractivity contribution in [3.8, 4) is 5.75 Å². The largest absolute Gasteiger partial charge is 0.486 e. The summed E-state index contributed by atoms with van der Waals surface area (Å²) < 4.78 is 5.93. The van der Waals surface area contributed by atoms with Gasteiger partial charge in [0.15, 0.2) is 0 Å². The standard InChI is InChI=1S/C19H17NOS/c1-2-8-16(9-3-1)15-22-19-12-5-4-11-18(19)21-14-17-10-6-7-13-20-17/h1-13H,14-15H2. The van der Waals surface area contributed by atoms with Crippen molar-refractivity contribution in [3.05, 3.63) is 90.3 Å². The van der Waals surface area contributed by atoms with Gasteiger partial charge in [-0.25, -0.2) is 0 Å². The van der Waals surface area contributed by atoms with Gasteiger partial charge >= 0.3 is 0 Å². The number of para-hydroxylation sites is 1. The Kier molecular flexibility index (Phi) is 5.11. The summed E-state index contributed by atoms with van der Waals surface area (Å²) in [6, 6.07) is 24.5. The molecule has 0 aliphatic heterocycles. The zero-order valence-electron chi connectivity index (χ0n) is 12.2. The van der Waals surface area contributed by atoms with Crippen LogP contribution in [0, 0.1) is 0 Å². The molecule has 0 unspecified atom stereocenters. The van der Waals surface area contributed by atoms with E-state index in [2.05, 4.69) is 35.3 Å². The average Bonchev–Trinajstić information content (AvgIpc) is 2.61. The molecule has 3 rings (SSSR count). The summed E-state index contributed by atoms with van der Waals surface area (Å²) >= 11 is 1.79. The van der Waals surface area contributed by atoms with E-state index in [1.165, 1.54) is 5.56 Å². The van der Waals surface area contributed by atoms with Crippen molar-refractivity contribution < 1.29 is 4.74 Å². The van der Waals surface area contributed by atoms with E-state index in [0.29, 0.717) is 6.61 Å². The quantitative estimate of drug-likeness (QED) is 0.601. The molecule has 0 radical (unpaired) electrons. The molecule has 110 valence electrons. The SMILES string of the molecule is c1ccc(CSc2ccccc2OCc2ccccn2)cc1. The zero-order chi connectivity index (χ0) is 15.0. The van der Waals surface area contributed by atoms with Gasteiger partial charge in [0.1, 0.15) is 12.4 Å². The lowest BCUT2D eigenvalue weighted by Gasteiger charge is -2.11. The second kappa shape index (κ2) is 7.66. The van der Waals surface area contributed by atoms with Crippen LogP contribution in [0.3, 0.4) is 0 Å². The van der Waals surface area contributed by atoms with Crippen LogP contribution in [0.5, 0.6) is 5.75 Å². The van der Waals surface area contributed by atoms with Gasteiger partial charge in [-0.1, -0.05) is 48.5 Å². The molecule has 0 bridgehead atoms. The van der Waals surface area contributed by atoms with E-state index in [9.17, 15) is 0 Å². The molecular weight excluding hydrogens is 290 g/mol. The number of hydrogen-bond acceptors (Lipinski definition) is 3. The van der Waals surface area contributed by atoms with E-state index in [1.54, 1.807) is 18.0 Å². The van der Waals surface area contributed by atoms with Crippen LogP contribution < -0.4 is 4.74 Å². The Hall–Kier alpha value is -2.26. The van der Waals surface area contributed by atoms with Gasteiger partial charge in [-0.2, -0.15) is 0 Å². The number of aromatic nitrogens is 1. The molecule has 0 saturated heterocycles. The van der Waals surface area contributed by atoms with E-state index < -0.39 is 0 Å². The molecule has 22 heavy (non-hydrogen) atoms. The van der Waals surface area contributed by atoms with E-state index in [0.717, 1.165) is 22.1 Å². The van der Waals surface area contributed by atoms with Gasteiger partial charge < -0.3 is 4.74 Å². The summed E-state index contributed by atoms with van der Waals surface area (Å²) in [5.74, 6) is 1.85. The molecule has 0 atom stereocenters. The maximum Gasteiger partial charge on any atom is 0.133 e. The highest BCUT2D eigenvalue weighted by atomic mass is 32.2. The van der Waals surface area contributed by atoms with Crippen LogP contribution in [-0.2, 0) is 12.4 Å². The molecule has 0 aliphatic rings. The molecule has 3 aromatic rings. The number of pyridine rings is 1. The summed E-state index contributed by atoms with van der Waals surface area (Å²) in [4.78, 5) is 5.44. The van der Waals surface area contributed by atoms with E-state index in [-0.39, 0.29) is 0 Å². The smallest absolute Gasteiger partial charge is 0.133 e. The molecule has 0 fully saturated rings. The normalized spacial score (nSPS) is 10.4. The Morgan fingerprint density at radius 1 is 0.818 bits per heavy atom. The first-order chi connectivity index (χ1) is 10.9. The Morgan fingerprint density at radius 3 is 2.41 bits per heavy atom. The highest BCUT2D eigenvalue weighted by Gasteiger charge is 2.05. The van der Waals surface area contributed by atoms with Crippen molar-refractivity contribution in [2.45, 2.75) is 17.3 Å². The maximum atomic E-state index is 5.93. The minimum absolute atomic E-state index is 0.490. The lowest BCUT2D eigenvalue weighted by Crippen LogP contribution is -1.98. The number of ether oxygens (including phenoxy) is 1. The van der Waals surface area contributed by atoms with Crippen LogP contribution in [-0.4, -0.2) is 4.98 Å². The fourth-order valence-corrected chi connectivity index (χ4v) is 3.02. The molecular formula is C19H17NOS. The van der Waals surface area contributed by atoms with Gasteiger partial charge in [0.25, 0.3) is 0 Å². The van der Waals surface area contributed by atoms with Crippen molar-refractivity contribution in [1.29, 1.82) is 0 Å². The summed E-state index contributed by atoms with van der Waals surface area (Å²) in [7, 11) is 0.